The predicted molar refractivity (Wildman–Crippen MR) is 72.4 cm³/mol. The number of carboxylic acids is 1. The van der Waals surface area contributed by atoms with E-state index in [4.69, 9.17) is 5.11 Å². The third-order valence-electron chi connectivity index (χ3n) is 4.33. The van der Waals surface area contributed by atoms with E-state index in [0.717, 1.165) is 13.0 Å². The molecule has 2 aliphatic rings. The van der Waals surface area contributed by atoms with Crippen molar-refractivity contribution in [2.75, 3.05) is 33.2 Å². The van der Waals surface area contributed by atoms with Crippen LogP contribution < -0.4 is 0 Å². The zero-order valence-electron chi connectivity index (χ0n) is 12.0. The standard InChI is InChI=1S/C13H23N3O4/c1-3-9-7-15(5-4-14(9)2)13(20)16-8-10(17)6-11(16)12(18)19/h9-11,17H,3-8H2,1-2H3,(H,18,19)/t9?,10-,11-/m1/s1. The number of likely N-dealkylation sites (tertiary alicyclic amines) is 1. The number of urea groups is 1. The summed E-state index contributed by atoms with van der Waals surface area (Å²) in [5.41, 5.74) is 0. The number of aliphatic hydroxyl groups is 1. The molecule has 0 aliphatic carbocycles. The quantitative estimate of drug-likeness (QED) is 0.724. The van der Waals surface area contributed by atoms with Gasteiger partial charge in [-0.2, -0.15) is 0 Å². The molecular formula is C13H23N3O4. The highest BCUT2D eigenvalue weighted by molar-refractivity contribution is 5.83. The van der Waals surface area contributed by atoms with E-state index in [0.29, 0.717) is 19.1 Å². The Morgan fingerprint density at radius 2 is 1.95 bits per heavy atom. The summed E-state index contributed by atoms with van der Waals surface area (Å²) >= 11 is 0. The summed E-state index contributed by atoms with van der Waals surface area (Å²) in [6, 6.07) is -0.860. The van der Waals surface area contributed by atoms with Gasteiger partial charge in [-0.15, -0.1) is 0 Å². The van der Waals surface area contributed by atoms with Crippen LogP contribution in [-0.4, -0.2) is 88.3 Å². The normalized spacial score (nSPS) is 31.6. The lowest BCUT2D eigenvalue weighted by Crippen LogP contribution is -2.57. The van der Waals surface area contributed by atoms with Gasteiger partial charge in [-0.05, 0) is 13.5 Å². The Balaban J connectivity index is 2.05. The van der Waals surface area contributed by atoms with Gasteiger partial charge in [-0.3, -0.25) is 4.90 Å². The second-order valence-corrected chi connectivity index (χ2v) is 5.67. The van der Waals surface area contributed by atoms with Gasteiger partial charge in [0.2, 0.25) is 0 Å². The molecule has 2 saturated heterocycles. The van der Waals surface area contributed by atoms with E-state index in [9.17, 15) is 14.7 Å². The maximum Gasteiger partial charge on any atom is 0.326 e. The molecule has 2 amide bonds. The maximum atomic E-state index is 12.5. The van der Waals surface area contributed by atoms with Crippen molar-refractivity contribution in [1.82, 2.24) is 14.7 Å². The summed E-state index contributed by atoms with van der Waals surface area (Å²) in [6.45, 7) is 4.20. The number of carbonyl (C=O) groups excluding carboxylic acids is 1. The van der Waals surface area contributed by atoms with Gasteiger partial charge in [0.25, 0.3) is 0 Å². The SMILES string of the molecule is CCC1CN(C(=O)N2C[C@H](O)C[C@@H]2C(=O)O)CCN1C. The van der Waals surface area contributed by atoms with E-state index in [1.807, 2.05) is 7.05 Å². The number of aliphatic carboxylic acids is 1. The molecule has 2 fully saturated rings. The van der Waals surface area contributed by atoms with Crippen molar-refractivity contribution >= 4 is 12.0 Å². The number of hydrogen-bond donors (Lipinski definition) is 2. The Labute approximate surface area is 118 Å². The Morgan fingerprint density at radius 3 is 2.55 bits per heavy atom. The van der Waals surface area contributed by atoms with Crippen molar-refractivity contribution in [2.45, 2.75) is 38.0 Å². The molecule has 20 heavy (non-hydrogen) atoms. The first-order valence-electron chi connectivity index (χ1n) is 7.10. The monoisotopic (exact) mass is 285 g/mol. The van der Waals surface area contributed by atoms with Crippen molar-refractivity contribution in [3.63, 3.8) is 0 Å². The number of hydrogen-bond acceptors (Lipinski definition) is 4. The van der Waals surface area contributed by atoms with Crippen LogP contribution in [0.4, 0.5) is 4.79 Å². The van der Waals surface area contributed by atoms with Crippen LogP contribution in [0.3, 0.4) is 0 Å². The van der Waals surface area contributed by atoms with E-state index in [1.54, 1.807) is 4.90 Å². The van der Waals surface area contributed by atoms with E-state index in [2.05, 4.69) is 11.8 Å². The highest BCUT2D eigenvalue weighted by Crippen LogP contribution is 2.21. The summed E-state index contributed by atoms with van der Waals surface area (Å²) in [5.74, 6) is -1.05. The summed E-state index contributed by atoms with van der Waals surface area (Å²) in [6.07, 6.45) is 0.326. The molecule has 3 atom stereocenters. The predicted octanol–water partition coefficient (Wildman–Crippen LogP) is -0.348. The number of carboxylic acid groups (broad SMARTS) is 1. The molecule has 0 saturated carbocycles. The molecule has 0 bridgehead atoms. The van der Waals surface area contributed by atoms with Crippen LogP contribution in [0.25, 0.3) is 0 Å². The first-order valence-corrected chi connectivity index (χ1v) is 7.10. The van der Waals surface area contributed by atoms with Gasteiger partial charge >= 0.3 is 12.0 Å². The third kappa shape index (κ3) is 2.88. The van der Waals surface area contributed by atoms with Crippen LogP contribution >= 0.6 is 0 Å². The smallest absolute Gasteiger partial charge is 0.326 e. The molecule has 0 aromatic heterocycles. The first-order chi connectivity index (χ1) is 9.43. The minimum atomic E-state index is -1.05. The Kier molecular flexibility index (Phi) is 4.49. The number of β-amino-alcohol motifs (C(OH)–C–C–N with tert-alkyl or cyclic N) is 1. The van der Waals surface area contributed by atoms with Gasteiger partial charge < -0.3 is 20.0 Å². The molecule has 0 aromatic rings. The zero-order chi connectivity index (χ0) is 14.9. The summed E-state index contributed by atoms with van der Waals surface area (Å²) in [4.78, 5) is 28.9. The van der Waals surface area contributed by atoms with Crippen molar-refractivity contribution in [2.24, 2.45) is 0 Å². The van der Waals surface area contributed by atoms with Gasteiger partial charge in [0.15, 0.2) is 0 Å². The van der Waals surface area contributed by atoms with Crippen LogP contribution in [0.1, 0.15) is 19.8 Å². The second kappa shape index (κ2) is 5.97. The highest BCUT2D eigenvalue weighted by Gasteiger charge is 2.41. The number of amides is 2. The molecule has 2 N–H and O–H groups in total. The number of nitrogens with zero attached hydrogens (tertiary/aromatic N) is 3. The van der Waals surface area contributed by atoms with Crippen LogP contribution in [0, 0.1) is 0 Å². The molecule has 7 nitrogen and oxygen atoms in total. The number of likely N-dealkylation sites (N-methyl/N-ethyl adjacent to an activating group) is 1. The van der Waals surface area contributed by atoms with Crippen LogP contribution in [0.2, 0.25) is 0 Å². The molecule has 2 heterocycles. The summed E-state index contributed by atoms with van der Waals surface area (Å²) in [5, 5.41) is 18.8. The van der Waals surface area contributed by atoms with Gasteiger partial charge in [-0.1, -0.05) is 6.92 Å². The highest BCUT2D eigenvalue weighted by atomic mass is 16.4. The summed E-state index contributed by atoms with van der Waals surface area (Å²) in [7, 11) is 2.04. The lowest BCUT2D eigenvalue weighted by atomic mass is 10.1. The van der Waals surface area contributed by atoms with Gasteiger partial charge in [0.1, 0.15) is 6.04 Å². The van der Waals surface area contributed by atoms with E-state index in [1.165, 1.54) is 4.90 Å². The van der Waals surface area contributed by atoms with Crippen molar-refractivity contribution in [3.8, 4) is 0 Å². The molecule has 2 rings (SSSR count). The molecular weight excluding hydrogens is 262 g/mol. The number of piperazine rings is 1. The molecule has 114 valence electrons. The molecule has 0 radical (unpaired) electrons. The fraction of sp³-hybridized carbons (Fsp3) is 0.846. The van der Waals surface area contributed by atoms with Crippen LogP contribution in [0.15, 0.2) is 0 Å². The lowest BCUT2D eigenvalue weighted by molar-refractivity contribution is -0.141. The number of rotatable bonds is 2. The van der Waals surface area contributed by atoms with Gasteiger partial charge in [0.05, 0.1) is 6.10 Å². The zero-order valence-corrected chi connectivity index (χ0v) is 12.0. The molecule has 7 heteroatoms. The van der Waals surface area contributed by atoms with E-state index < -0.39 is 18.1 Å². The Morgan fingerprint density at radius 1 is 1.25 bits per heavy atom. The molecule has 0 spiro atoms. The van der Waals surface area contributed by atoms with E-state index in [-0.39, 0.29) is 19.0 Å². The van der Waals surface area contributed by atoms with Gasteiger partial charge in [-0.25, -0.2) is 9.59 Å². The van der Waals surface area contributed by atoms with Gasteiger partial charge in [0, 0.05) is 38.6 Å². The minimum absolute atomic E-state index is 0.110. The lowest BCUT2D eigenvalue weighted by Gasteiger charge is -2.41. The Bertz CT molecular complexity index is 390. The fourth-order valence-electron chi connectivity index (χ4n) is 3.00. The topological polar surface area (TPSA) is 84.3 Å². The van der Waals surface area contributed by atoms with Crippen molar-refractivity contribution in [3.05, 3.63) is 0 Å². The van der Waals surface area contributed by atoms with Crippen molar-refractivity contribution < 1.29 is 19.8 Å². The maximum absolute atomic E-state index is 12.5. The number of carbonyl (C=O) groups is 2. The fourth-order valence-corrected chi connectivity index (χ4v) is 3.00. The number of aliphatic hydroxyl groups excluding tert-OH is 1. The van der Waals surface area contributed by atoms with Crippen molar-refractivity contribution in [1.29, 1.82) is 0 Å². The first kappa shape index (κ1) is 15.1. The average molecular weight is 285 g/mol. The second-order valence-electron chi connectivity index (χ2n) is 5.67. The molecule has 1 unspecified atom stereocenters. The Hall–Kier alpha value is -1.34. The van der Waals surface area contributed by atoms with Crippen LogP contribution in [-0.2, 0) is 4.79 Å². The van der Waals surface area contributed by atoms with E-state index >= 15 is 0 Å². The largest absolute Gasteiger partial charge is 0.480 e. The summed E-state index contributed by atoms with van der Waals surface area (Å²) < 4.78 is 0. The van der Waals surface area contributed by atoms with Crippen LogP contribution in [0.5, 0.6) is 0 Å². The average Bonchev–Trinajstić information content (AvgIpc) is 2.81. The third-order valence-corrected chi connectivity index (χ3v) is 4.33. The molecule has 2 aliphatic heterocycles. The molecule has 0 aromatic carbocycles. The minimum Gasteiger partial charge on any atom is -0.480 e.